The third kappa shape index (κ3) is 4.20. The van der Waals surface area contributed by atoms with Gasteiger partial charge in [-0.3, -0.25) is 9.79 Å². The first kappa shape index (κ1) is 22.2. The van der Waals surface area contributed by atoms with Crippen molar-refractivity contribution in [2.75, 3.05) is 6.54 Å². The third-order valence-corrected chi connectivity index (χ3v) is 6.70. The van der Waals surface area contributed by atoms with Crippen LogP contribution in [0.1, 0.15) is 62.5 Å². The summed E-state index contributed by atoms with van der Waals surface area (Å²) in [5.41, 5.74) is 6.78. The van der Waals surface area contributed by atoms with Gasteiger partial charge in [0.2, 0.25) is 5.56 Å². The summed E-state index contributed by atoms with van der Waals surface area (Å²) >= 11 is 0. The topological polar surface area (TPSA) is 57.2 Å². The van der Waals surface area contributed by atoms with Crippen molar-refractivity contribution in [1.82, 2.24) is 10.3 Å². The minimum Gasteiger partial charge on any atom is -0.326 e. The van der Waals surface area contributed by atoms with Gasteiger partial charge in [0.05, 0.1) is 0 Å². The zero-order valence-electron chi connectivity index (χ0n) is 19.5. The van der Waals surface area contributed by atoms with Crippen LogP contribution >= 0.6 is 0 Å². The molecule has 0 spiro atoms. The first-order valence-corrected chi connectivity index (χ1v) is 11.6. The standard InChI is InChI=1S/C28H33N3O/c1-5-24-23-16-19(3)18-28(24,25-13-14-27(32)31-26(25)17-23)30-15-7-8-21-9-11-22(12-10-21)20(4)29-6-2/h5,7-16,20,23,29H,6,17-18H2,1-4H3,(H,31,32)/b8-7+,24-5+,30-15+. The smallest absolute Gasteiger partial charge is 0.248 e. The van der Waals surface area contributed by atoms with Gasteiger partial charge in [0.25, 0.3) is 0 Å². The maximum absolute atomic E-state index is 12.0. The van der Waals surface area contributed by atoms with Crippen LogP contribution in [-0.4, -0.2) is 17.7 Å². The summed E-state index contributed by atoms with van der Waals surface area (Å²) in [7, 11) is 0. The highest BCUT2D eigenvalue weighted by atomic mass is 16.1. The fourth-order valence-corrected chi connectivity index (χ4v) is 5.30. The van der Waals surface area contributed by atoms with Crippen molar-refractivity contribution in [1.29, 1.82) is 0 Å². The highest BCUT2D eigenvalue weighted by Gasteiger charge is 2.46. The van der Waals surface area contributed by atoms with Crippen molar-refractivity contribution in [2.24, 2.45) is 10.9 Å². The van der Waals surface area contributed by atoms with Gasteiger partial charge < -0.3 is 10.3 Å². The van der Waals surface area contributed by atoms with Gasteiger partial charge in [-0.15, -0.1) is 0 Å². The molecule has 0 aliphatic heterocycles. The van der Waals surface area contributed by atoms with Crippen molar-refractivity contribution < 1.29 is 0 Å². The molecule has 0 amide bonds. The van der Waals surface area contributed by atoms with E-state index < -0.39 is 5.54 Å². The fourth-order valence-electron chi connectivity index (χ4n) is 5.30. The van der Waals surface area contributed by atoms with E-state index in [9.17, 15) is 4.79 Å². The van der Waals surface area contributed by atoms with E-state index in [0.29, 0.717) is 6.04 Å². The van der Waals surface area contributed by atoms with Gasteiger partial charge in [-0.25, -0.2) is 0 Å². The zero-order valence-corrected chi connectivity index (χ0v) is 19.5. The number of hydrogen-bond donors (Lipinski definition) is 2. The molecule has 1 aromatic carbocycles. The summed E-state index contributed by atoms with van der Waals surface area (Å²) < 4.78 is 0. The van der Waals surface area contributed by atoms with Gasteiger partial charge in [0.1, 0.15) is 5.54 Å². The molecule has 1 aromatic heterocycles. The van der Waals surface area contributed by atoms with Crippen molar-refractivity contribution in [3.8, 4) is 0 Å². The molecule has 4 nitrogen and oxygen atoms in total. The highest BCUT2D eigenvalue weighted by Crippen LogP contribution is 2.51. The number of aromatic amines is 1. The molecule has 0 saturated heterocycles. The van der Waals surface area contributed by atoms with E-state index in [2.05, 4.69) is 80.5 Å². The van der Waals surface area contributed by atoms with Gasteiger partial charge in [-0.1, -0.05) is 55.0 Å². The minimum absolute atomic E-state index is 0.0441. The van der Waals surface area contributed by atoms with Crippen molar-refractivity contribution >= 4 is 12.3 Å². The molecule has 166 valence electrons. The predicted octanol–water partition coefficient (Wildman–Crippen LogP) is 5.49. The maximum Gasteiger partial charge on any atom is 0.248 e. The van der Waals surface area contributed by atoms with Crippen LogP contribution in [0.25, 0.3) is 6.08 Å². The van der Waals surface area contributed by atoms with Crippen LogP contribution in [0.2, 0.25) is 0 Å². The summed E-state index contributed by atoms with van der Waals surface area (Å²) in [4.78, 5) is 20.2. The first-order chi connectivity index (χ1) is 15.5. The van der Waals surface area contributed by atoms with Crippen molar-refractivity contribution in [2.45, 2.75) is 52.1 Å². The average Bonchev–Trinajstić information content (AvgIpc) is 2.76. The van der Waals surface area contributed by atoms with Crippen LogP contribution in [-0.2, 0) is 12.0 Å². The lowest BCUT2D eigenvalue weighted by molar-refractivity contribution is 0.413. The number of aliphatic imine (C=N–C) groups is 1. The number of rotatable bonds is 6. The molecule has 2 bridgehead atoms. The van der Waals surface area contributed by atoms with E-state index in [1.165, 1.54) is 16.7 Å². The molecule has 2 aliphatic carbocycles. The Labute approximate surface area is 190 Å². The number of H-pyrrole nitrogens is 1. The van der Waals surface area contributed by atoms with Crippen molar-refractivity contribution in [3.63, 3.8) is 0 Å². The molecule has 4 heteroatoms. The Hall–Kier alpha value is -2.98. The van der Waals surface area contributed by atoms with Crippen molar-refractivity contribution in [3.05, 3.63) is 98.5 Å². The highest BCUT2D eigenvalue weighted by molar-refractivity contribution is 5.79. The molecule has 3 unspecified atom stereocenters. The fraction of sp³-hybridized carbons (Fsp3) is 0.357. The Morgan fingerprint density at radius 3 is 2.75 bits per heavy atom. The molecular formula is C28H33N3O. The number of pyridine rings is 1. The molecule has 2 N–H and O–H groups in total. The summed E-state index contributed by atoms with van der Waals surface area (Å²) in [5.74, 6) is 0.284. The number of benzene rings is 1. The van der Waals surface area contributed by atoms with Gasteiger partial charge in [0, 0.05) is 41.9 Å². The quantitative estimate of drug-likeness (QED) is 0.473. The number of nitrogens with one attached hydrogen (secondary N) is 2. The lowest BCUT2D eigenvalue weighted by Crippen LogP contribution is -2.40. The van der Waals surface area contributed by atoms with E-state index >= 15 is 0 Å². The Morgan fingerprint density at radius 1 is 1.25 bits per heavy atom. The van der Waals surface area contributed by atoms with E-state index in [1.54, 1.807) is 6.07 Å². The molecular weight excluding hydrogens is 394 g/mol. The number of nitrogens with zero attached hydrogens (tertiary/aromatic N) is 1. The summed E-state index contributed by atoms with van der Waals surface area (Å²) in [6.45, 7) is 9.56. The minimum atomic E-state index is -0.439. The van der Waals surface area contributed by atoms with Gasteiger partial charge >= 0.3 is 0 Å². The second-order valence-corrected chi connectivity index (χ2v) is 8.90. The van der Waals surface area contributed by atoms with Crippen LogP contribution in [0.15, 0.2) is 75.6 Å². The van der Waals surface area contributed by atoms with Gasteiger partial charge in [-0.2, -0.15) is 0 Å². The second-order valence-electron chi connectivity index (χ2n) is 8.90. The Bertz CT molecular complexity index is 1150. The zero-order chi connectivity index (χ0) is 22.7. The maximum atomic E-state index is 12.0. The lowest BCUT2D eigenvalue weighted by Gasteiger charge is -2.45. The second kappa shape index (κ2) is 9.25. The molecule has 0 saturated carbocycles. The predicted molar refractivity (Wildman–Crippen MR) is 134 cm³/mol. The van der Waals surface area contributed by atoms with Crippen LogP contribution in [0.5, 0.6) is 0 Å². The largest absolute Gasteiger partial charge is 0.326 e. The monoisotopic (exact) mass is 427 g/mol. The molecule has 0 fully saturated rings. The molecule has 2 aromatic rings. The van der Waals surface area contributed by atoms with Crippen LogP contribution < -0.4 is 10.9 Å². The third-order valence-electron chi connectivity index (χ3n) is 6.70. The molecule has 32 heavy (non-hydrogen) atoms. The van der Waals surface area contributed by atoms with Gasteiger partial charge in [-0.05, 0) is 62.6 Å². The Morgan fingerprint density at radius 2 is 2.03 bits per heavy atom. The molecule has 0 radical (unpaired) electrons. The summed E-state index contributed by atoms with van der Waals surface area (Å²) in [6, 6.07) is 12.6. The van der Waals surface area contributed by atoms with Crippen LogP contribution in [0.3, 0.4) is 0 Å². The van der Waals surface area contributed by atoms with Crippen LogP contribution in [0, 0.1) is 5.92 Å². The SMILES string of the molecule is C/C=C1\C2C=C(C)CC1(/N=C/C=C/c1ccc(C(C)NCC)cc1)c1ccc(=O)[nH]c1C2. The molecule has 4 rings (SSSR count). The normalized spacial score (nSPS) is 24.7. The molecule has 2 aliphatic rings. The molecule has 3 atom stereocenters. The van der Waals surface area contributed by atoms with E-state index in [4.69, 9.17) is 4.99 Å². The van der Waals surface area contributed by atoms with E-state index in [0.717, 1.165) is 36.2 Å². The average molecular weight is 428 g/mol. The Kier molecular flexibility index (Phi) is 6.43. The lowest BCUT2D eigenvalue weighted by atomic mass is 9.63. The number of hydrogen-bond acceptors (Lipinski definition) is 3. The van der Waals surface area contributed by atoms with Crippen LogP contribution in [0.4, 0.5) is 0 Å². The summed E-state index contributed by atoms with van der Waals surface area (Å²) in [5, 5.41) is 3.44. The molecule has 1 heterocycles. The number of fused-ring (bicyclic) bond motifs is 4. The number of aromatic nitrogens is 1. The van der Waals surface area contributed by atoms with Gasteiger partial charge in [0.15, 0.2) is 0 Å². The Balaban J connectivity index is 1.63. The first-order valence-electron chi connectivity index (χ1n) is 11.6. The number of allylic oxidation sites excluding steroid dienone is 3. The van der Waals surface area contributed by atoms with E-state index in [1.807, 2.05) is 18.4 Å². The summed E-state index contributed by atoms with van der Waals surface area (Å²) in [6.07, 6.45) is 12.3. The van der Waals surface area contributed by atoms with E-state index in [-0.39, 0.29) is 11.5 Å².